The van der Waals surface area contributed by atoms with E-state index in [0.717, 1.165) is 40.8 Å². The number of hydrogen-bond acceptors (Lipinski definition) is 3. The number of nitrogens with two attached hydrogens (primary N) is 1. The number of carbonyl (C=O) groups is 1. The summed E-state index contributed by atoms with van der Waals surface area (Å²) in [5, 5.41) is 3.42. The van der Waals surface area contributed by atoms with Gasteiger partial charge in [0.25, 0.3) is 5.91 Å². The van der Waals surface area contributed by atoms with Crippen molar-refractivity contribution in [2.45, 2.75) is 57.2 Å². The molecule has 4 heteroatoms. The molecule has 4 rings (SSSR count). The molecule has 2 bridgehead atoms. The number of aryl methyl sites for hydroxylation is 2. The maximum absolute atomic E-state index is 13.3. The van der Waals surface area contributed by atoms with Gasteiger partial charge in [0.1, 0.15) is 0 Å². The van der Waals surface area contributed by atoms with Crippen LogP contribution in [0.3, 0.4) is 0 Å². The van der Waals surface area contributed by atoms with E-state index in [1.165, 1.54) is 12.8 Å². The average Bonchev–Trinajstić information content (AvgIpc) is 3.13. The Morgan fingerprint density at radius 1 is 1.11 bits per heavy atom. The Balaban J connectivity index is 1.73. The zero-order valence-corrected chi connectivity index (χ0v) is 16.5. The molecule has 27 heavy (non-hydrogen) atoms. The molecule has 2 heterocycles. The molecule has 2 aromatic rings. The van der Waals surface area contributed by atoms with Crippen molar-refractivity contribution in [3.8, 4) is 0 Å². The zero-order valence-electron chi connectivity index (χ0n) is 16.5. The van der Waals surface area contributed by atoms with Gasteiger partial charge in [0.15, 0.2) is 0 Å². The molecule has 2 fully saturated rings. The highest BCUT2D eigenvalue weighted by Crippen LogP contribution is 2.51. The van der Waals surface area contributed by atoms with Gasteiger partial charge in [0.05, 0.1) is 6.04 Å². The first-order chi connectivity index (χ1) is 12.9. The van der Waals surface area contributed by atoms with Crippen LogP contribution < -0.4 is 11.1 Å². The summed E-state index contributed by atoms with van der Waals surface area (Å²) in [7, 11) is 2.22. The zero-order chi connectivity index (χ0) is 19.2. The van der Waals surface area contributed by atoms with Gasteiger partial charge < -0.3 is 11.1 Å². The van der Waals surface area contributed by atoms with Crippen LogP contribution in [0.1, 0.15) is 58.8 Å². The molecule has 142 valence electrons. The molecule has 2 aliphatic rings. The summed E-state index contributed by atoms with van der Waals surface area (Å²) in [5.74, 6) is 0.0190. The highest BCUT2D eigenvalue weighted by Gasteiger charge is 2.54. The van der Waals surface area contributed by atoms with Gasteiger partial charge in [-0.3, -0.25) is 9.69 Å². The number of nitrogen functional groups attached to an aromatic ring is 1. The summed E-state index contributed by atoms with van der Waals surface area (Å²) in [5.41, 5.74) is 10.6. The van der Waals surface area contributed by atoms with Gasteiger partial charge in [-0.2, -0.15) is 0 Å². The molecule has 0 saturated carbocycles. The van der Waals surface area contributed by atoms with Crippen LogP contribution in [0.4, 0.5) is 5.69 Å². The van der Waals surface area contributed by atoms with Crippen molar-refractivity contribution >= 4 is 11.6 Å². The lowest BCUT2D eigenvalue weighted by molar-refractivity contribution is 0.0836. The normalized spacial score (nSPS) is 25.5. The monoisotopic (exact) mass is 363 g/mol. The fourth-order valence-corrected chi connectivity index (χ4v) is 5.29. The number of amides is 1. The van der Waals surface area contributed by atoms with Crippen molar-refractivity contribution in [3.63, 3.8) is 0 Å². The first-order valence-electron chi connectivity index (χ1n) is 9.88. The van der Waals surface area contributed by atoms with Crippen molar-refractivity contribution < 1.29 is 4.79 Å². The van der Waals surface area contributed by atoms with E-state index < -0.39 is 0 Å². The van der Waals surface area contributed by atoms with Crippen LogP contribution in [0.25, 0.3) is 0 Å². The number of carbonyl (C=O) groups excluding carboxylic acids is 1. The van der Waals surface area contributed by atoms with E-state index in [2.05, 4.69) is 29.4 Å². The molecule has 2 saturated heterocycles. The number of nitrogens with zero attached hydrogens (tertiary/aromatic N) is 1. The van der Waals surface area contributed by atoms with Crippen LogP contribution in [0.15, 0.2) is 42.5 Å². The van der Waals surface area contributed by atoms with Gasteiger partial charge in [-0.15, -0.1) is 0 Å². The number of nitrogens with one attached hydrogen (secondary N) is 1. The van der Waals surface area contributed by atoms with E-state index in [0.29, 0.717) is 6.04 Å². The fraction of sp³-hybridized carbons (Fsp3) is 0.435. The van der Waals surface area contributed by atoms with E-state index in [9.17, 15) is 4.79 Å². The van der Waals surface area contributed by atoms with Gasteiger partial charge in [-0.05, 0) is 75.4 Å². The topological polar surface area (TPSA) is 58.4 Å². The number of benzene rings is 2. The summed E-state index contributed by atoms with van der Waals surface area (Å²) >= 11 is 0. The number of likely N-dealkylation sites (N-methyl/N-ethyl adjacent to an activating group) is 1. The molecule has 3 N–H and O–H groups in total. The highest BCUT2D eigenvalue weighted by molar-refractivity contribution is 5.97. The lowest BCUT2D eigenvalue weighted by Crippen LogP contribution is -2.51. The Morgan fingerprint density at radius 3 is 2.22 bits per heavy atom. The third kappa shape index (κ3) is 2.92. The van der Waals surface area contributed by atoms with Crippen molar-refractivity contribution in [2.24, 2.45) is 0 Å². The summed E-state index contributed by atoms with van der Waals surface area (Å²) in [6.45, 7) is 4.01. The first kappa shape index (κ1) is 18.1. The molecule has 1 atom stereocenters. The second-order valence-corrected chi connectivity index (χ2v) is 8.29. The van der Waals surface area contributed by atoms with E-state index in [1.807, 2.05) is 44.2 Å². The number of anilines is 1. The van der Waals surface area contributed by atoms with Crippen molar-refractivity contribution in [1.29, 1.82) is 0 Å². The average molecular weight is 364 g/mol. The molecular formula is C23H29N3O. The largest absolute Gasteiger partial charge is 0.399 e. The lowest BCUT2D eigenvalue weighted by atomic mass is 9.78. The fourth-order valence-electron chi connectivity index (χ4n) is 5.29. The standard InChI is InChI=1S/C23H29N3O/c1-15-5-4-6-16(2)20(15)22(27)25-21(17-7-9-18(24)10-8-17)23-13-11-19(12-14-23)26(23)3/h4-10,19,21H,11-14,24H2,1-3H3,(H,25,27). The maximum atomic E-state index is 13.3. The summed E-state index contributed by atoms with van der Waals surface area (Å²) in [6.07, 6.45) is 4.66. The van der Waals surface area contributed by atoms with E-state index in [4.69, 9.17) is 5.73 Å². The molecule has 0 spiro atoms. The Kier molecular flexibility index (Phi) is 4.47. The third-order valence-electron chi connectivity index (χ3n) is 6.86. The van der Waals surface area contributed by atoms with Gasteiger partial charge in [-0.25, -0.2) is 0 Å². The van der Waals surface area contributed by atoms with E-state index in [1.54, 1.807) is 0 Å². The van der Waals surface area contributed by atoms with E-state index >= 15 is 0 Å². The van der Waals surface area contributed by atoms with Gasteiger partial charge in [-0.1, -0.05) is 30.3 Å². The number of hydrogen-bond donors (Lipinski definition) is 2. The van der Waals surface area contributed by atoms with Crippen LogP contribution in [0, 0.1) is 13.8 Å². The lowest BCUT2D eigenvalue weighted by Gasteiger charge is -2.41. The molecule has 1 amide bonds. The summed E-state index contributed by atoms with van der Waals surface area (Å²) in [4.78, 5) is 15.8. The minimum atomic E-state index is -0.0397. The van der Waals surface area contributed by atoms with Crippen LogP contribution in [0.5, 0.6) is 0 Å². The van der Waals surface area contributed by atoms with Crippen LogP contribution in [-0.2, 0) is 0 Å². The quantitative estimate of drug-likeness (QED) is 0.808. The van der Waals surface area contributed by atoms with Crippen molar-refractivity contribution in [1.82, 2.24) is 10.2 Å². The van der Waals surface area contributed by atoms with Crippen LogP contribution in [0.2, 0.25) is 0 Å². The number of fused-ring (bicyclic) bond motifs is 2. The highest BCUT2D eigenvalue weighted by atomic mass is 16.1. The summed E-state index contributed by atoms with van der Waals surface area (Å²) < 4.78 is 0. The second kappa shape index (κ2) is 6.68. The minimum absolute atomic E-state index is 0.00691. The van der Waals surface area contributed by atoms with E-state index in [-0.39, 0.29) is 17.5 Å². The van der Waals surface area contributed by atoms with Crippen molar-refractivity contribution in [3.05, 3.63) is 64.7 Å². The molecule has 2 aromatic carbocycles. The van der Waals surface area contributed by atoms with Crippen LogP contribution in [-0.4, -0.2) is 29.4 Å². The predicted octanol–water partition coefficient (Wildman–Crippen LogP) is 3.98. The SMILES string of the molecule is Cc1cccc(C)c1C(=O)NC(c1ccc(N)cc1)C12CCC(CC1)N2C. The van der Waals surface area contributed by atoms with Gasteiger partial charge in [0.2, 0.25) is 0 Å². The Morgan fingerprint density at radius 2 is 1.70 bits per heavy atom. The molecule has 0 radical (unpaired) electrons. The third-order valence-corrected chi connectivity index (χ3v) is 6.86. The molecular weight excluding hydrogens is 334 g/mol. The number of rotatable bonds is 4. The Labute approximate surface area is 161 Å². The molecule has 1 unspecified atom stereocenters. The van der Waals surface area contributed by atoms with Crippen molar-refractivity contribution in [2.75, 3.05) is 12.8 Å². The molecule has 0 aliphatic carbocycles. The molecule has 4 nitrogen and oxygen atoms in total. The van der Waals surface area contributed by atoms with Gasteiger partial charge in [0, 0.05) is 22.8 Å². The smallest absolute Gasteiger partial charge is 0.252 e. The second-order valence-electron chi connectivity index (χ2n) is 8.29. The molecule has 0 aromatic heterocycles. The predicted molar refractivity (Wildman–Crippen MR) is 110 cm³/mol. The Bertz CT molecular complexity index is 830. The Hall–Kier alpha value is -2.33. The maximum Gasteiger partial charge on any atom is 0.252 e. The van der Waals surface area contributed by atoms with Crippen LogP contribution >= 0.6 is 0 Å². The van der Waals surface area contributed by atoms with Gasteiger partial charge >= 0.3 is 0 Å². The minimum Gasteiger partial charge on any atom is -0.399 e. The summed E-state index contributed by atoms with van der Waals surface area (Å²) in [6, 6.07) is 14.6. The first-order valence-corrected chi connectivity index (χ1v) is 9.88. The molecule has 2 aliphatic heterocycles.